The Balaban J connectivity index is 2.83. The van der Waals surface area contributed by atoms with E-state index >= 15 is 0 Å². The lowest BCUT2D eigenvalue weighted by Crippen LogP contribution is -2.35. The fraction of sp³-hybridized carbons (Fsp3) is 0.500. The van der Waals surface area contributed by atoms with Crippen molar-refractivity contribution in [3.05, 3.63) is 28.5 Å². The number of aromatic nitrogens is 1. The van der Waals surface area contributed by atoms with Crippen LogP contribution in [-0.4, -0.2) is 29.4 Å². The zero-order valence-corrected chi connectivity index (χ0v) is 11.7. The molecule has 0 fully saturated rings. The van der Waals surface area contributed by atoms with Gasteiger partial charge in [-0.15, -0.1) is 0 Å². The molecule has 1 heterocycles. The maximum atomic E-state index is 12.1. The lowest BCUT2D eigenvalue weighted by atomic mass is 9.96. The zero-order chi connectivity index (χ0) is 12.3. The van der Waals surface area contributed by atoms with Gasteiger partial charge in [0.1, 0.15) is 5.69 Å². The van der Waals surface area contributed by atoms with Crippen molar-refractivity contribution in [1.29, 1.82) is 0 Å². The fourth-order valence-electron chi connectivity index (χ4n) is 1.51. The van der Waals surface area contributed by atoms with E-state index in [9.17, 15) is 4.79 Å². The lowest BCUT2D eigenvalue weighted by molar-refractivity contribution is 0.0739. The minimum atomic E-state index is -0.0533. The molecule has 0 saturated heterocycles. The molecule has 1 amide bonds. The molecule has 0 unspecified atom stereocenters. The molecule has 1 aromatic rings. The molecular formula is C12H17BrN2O. The highest BCUT2D eigenvalue weighted by atomic mass is 79.9. The Morgan fingerprint density at radius 2 is 2.12 bits per heavy atom. The Kier molecular flexibility index (Phi) is 4.08. The number of amides is 1. The molecule has 0 aliphatic rings. The first-order chi connectivity index (χ1) is 7.31. The Morgan fingerprint density at radius 3 is 2.62 bits per heavy atom. The monoisotopic (exact) mass is 284 g/mol. The van der Waals surface area contributed by atoms with Crippen molar-refractivity contribution >= 4 is 21.8 Å². The number of pyridine rings is 1. The molecule has 0 aliphatic carbocycles. The van der Waals surface area contributed by atoms with Crippen molar-refractivity contribution in [2.75, 3.05) is 13.6 Å². The highest BCUT2D eigenvalue weighted by molar-refractivity contribution is 9.10. The summed E-state index contributed by atoms with van der Waals surface area (Å²) in [5.74, 6) is -0.0533. The number of rotatable bonds is 2. The second kappa shape index (κ2) is 4.95. The molecule has 0 aliphatic heterocycles. The van der Waals surface area contributed by atoms with E-state index in [1.54, 1.807) is 24.2 Å². The minimum Gasteiger partial charge on any atom is -0.340 e. The predicted octanol–water partition coefficient (Wildman–Crippen LogP) is 2.96. The van der Waals surface area contributed by atoms with Gasteiger partial charge in [0.25, 0.3) is 5.91 Å². The highest BCUT2D eigenvalue weighted by Gasteiger charge is 2.20. The maximum absolute atomic E-state index is 12.1. The number of carbonyl (C=O) groups excluding carboxylic acids is 1. The first-order valence-electron chi connectivity index (χ1n) is 5.17. The third-order valence-corrected chi connectivity index (χ3v) is 2.66. The van der Waals surface area contributed by atoms with Crippen LogP contribution in [0.15, 0.2) is 22.8 Å². The molecule has 0 aromatic carbocycles. The van der Waals surface area contributed by atoms with E-state index in [2.05, 4.69) is 41.7 Å². The molecular weight excluding hydrogens is 268 g/mol. The summed E-state index contributed by atoms with van der Waals surface area (Å²) in [7, 11) is 1.80. The molecule has 1 rings (SSSR count). The highest BCUT2D eigenvalue weighted by Crippen LogP contribution is 2.18. The standard InChI is InChI=1S/C12H17BrN2O/c1-12(2,3)8-15(4)11(16)10-9(13)6-5-7-14-10/h5-7H,8H2,1-4H3. The van der Waals surface area contributed by atoms with Crippen molar-refractivity contribution in [1.82, 2.24) is 9.88 Å². The summed E-state index contributed by atoms with van der Waals surface area (Å²) in [4.78, 5) is 17.9. The van der Waals surface area contributed by atoms with E-state index in [4.69, 9.17) is 0 Å². The number of hydrogen-bond donors (Lipinski definition) is 0. The molecule has 1 aromatic heterocycles. The molecule has 4 heteroatoms. The predicted molar refractivity (Wildman–Crippen MR) is 68.4 cm³/mol. The van der Waals surface area contributed by atoms with Crippen LogP contribution in [-0.2, 0) is 0 Å². The van der Waals surface area contributed by atoms with Crippen LogP contribution in [0.2, 0.25) is 0 Å². The van der Waals surface area contributed by atoms with E-state index in [1.165, 1.54) is 0 Å². The van der Waals surface area contributed by atoms with E-state index in [1.807, 2.05) is 6.07 Å². The maximum Gasteiger partial charge on any atom is 0.273 e. The van der Waals surface area contributed by atoms with Gasteiger partial charge in [-0.3, -0.25) is 4.79 Å². The number of carbonyl (C=O) groups is 1. The van der Waals surface area contributed by atoms with Crippen LogP contribution < -0.4 is 0 Å². The van der Waals surface area contributed by atoms with Crippen LogP contribution in [0.5, 0.6) is 0 Å². The Morgan fingerprint density at radius 1 is 1.50 bits per heavy atom. The van der Waals surface area contributed by atoms with Crippen LogP contribution in [0, 0.1) is 5.41 Å². The normalized spacial score (nSPS) is 11.3. The second-order valence-electron chi connectivity index (χ2n) is 5.06. The second-order valence-corrected chi connectivity index (χ2v) is 5.91. The Hall–Kier alpha value is -0.900. The Labute approximate surface area is 105 Å². The van der Waals surface area contributed by atoms with E-state index < -0.39 is 0 Å². The molecule has 16 heavy (non-hydrogen) atoms. The summed E-state index contributed by atoms with van der Waals surface area (Å²) in [5, 5.41) is 0. The fourth-order valence-corrected chi connectivity index (χ4v) is 1.93. The topological polar surface area (TPSA) is 33.2 Å². The van der Waals surface area contributed by atoms with Crippen LogP contribution in [0.25, 0.3) is 0 Å². The van der Waals surface area contributed by atoms with E-state index in [0.29, 0.717) is 12.2 Å². The molecule has 0 bridgehead atoms. The van der Waals surface area contributed by atoms with Gasteiger partial charge in [-0.25, -0.2) is 4.98 Å². The summed E-state index contributed by atoms with van der Waals surface area (Å²) in [6, 6.07) is 3.62. The van der Waals surface area contributed by atoms with Crippen molar-refractivity contribution in [3.8, 4) is 0 Å². The van der Waals surface area contributed by atoms with E-state index in [-0.39, 0.29) is 11.3 Å². The molecule has 0 saturated carbocycles. The van der Waals surface area contributed by atoms with Crippen LogP contribution >= 0.6 is 15.9 Å². The zero-order valence-electron chi connectivity index (χ0n) is 10.1. The molecule has 0 spiro atoms. The quantitative estimate of drug-likeness (QED) is 0.837. The van der Waals surface area contributed by atoms with Gasteiger partial charge in [-0.2, -0.15) is 0 Å². The van der Waals surface area contributed by atoms with Gasteiger partial charge < -0.3 is 4.90 Å². The number of nitrogens with zero attached hydrogens (tertiary/aromatic N) is 2. The number of halogens is 1. The van der Waals surface area contributed by atoms with Gasteiger partial charge in [-0.1, -0.05) is 20.8 Å². The van der Waals surface area contributed by atoms with Crippen molar-refractivity contribution in [2.45, 2.75) is 20.8 Å². The summed E-state index contributed by atoms with van der Waals surface area (Å²) in [6.07, 6.45) is 1.63. The summed E-state index contributed by atoms with van der Waals surface area (Å²) < 4.78 is 0.737. The van der Waals surface area contributed by atoms with Crippen LogP contribution in [0.4, 0.5) is 0 Å². The smallest absolute Gasteiger partial charge is 0.273 e. The SMILES string of the molecule is CN(CC(C)(C)C)C(=O)c1ncccc1Br. The van der Waals surface area contributed by atoms with Crippen LogP contribution in [0.1, 0.15) is 31.3 Å². The molecule has 0 radical (unpaired) electrons. The summed E-state index contributed by atoms with van der Waals surface area (Å²) in [5.41, 5.74) is 0.556. The van der Waals surface area contributed by atoms with Gasteiger partial charge >= 0.3 is 0 Å². The van der Waals surface area contributed by atoms with Gasteiger partial charge in [0.05, 0.1) is 0 Å². The average molecular weight is 285 g/mol. The average Bonchev–Trinajstić information content (AvgIpc) is 2.15. The lowest BCUT2D eigenvalue weighted by Gasteiger charge is -2.26. The third kappa shape index (κ3) is 3.59. The number of hydrogen-bond acceptors (Lipinski definition) is 2. The van der Waals surface area contributed by atoms with Crippen molar-refractivity contribution in [2.24, 2.45) is 5.41 Å². The van der Waals surface area contributed by atoms with Gasteiger partial charge in [-0.05, 0) is 33.5 Å². The van der Waals surface area contributed by atoms with Gasteiger partial charge in [0, 0.05) is 24.3 Å². The first-order valence-corrected chi connectivity index (χ1v) is 5.96. The summed E-state index contributed by atoms with van der Waals surface area (Å²) >= 11 is 3.33. The third-order valence-electron chi connectivity index (χ3n) is 2.02. The van der Waals surface area contributed by atoms with Crippen LogP contribution in [0.3, 0.4) is 0 Å². The molecule has 88 valence electrons. The first kappa shape index (κ1) is 13.2. The van der Waals surface area contributed by atoms with Gasteiger partial charge in [0.2, 0.25) is 0 Å². The molecule has 3 nitrogen and oxygen atoms in total. The van der Waals surface area contributed by atoms with Gasteiger partial charge in [0.15, 0.2) is 0 Å². The summed E-state index contributed by atoms with van der Waals surface area (Å²) in [6.45, 7) is 7.01. The largest absolute Gasteiger partial charge is 0.340 e. The molecule has 0 N–H and O–H groups in total. The minimum absolute atomic E-state index is 0.0533. The van der Waals surface area contributed by atoms with Crippen molar-refractivity contribution < 1.29 is 4.79 Å². The van der Waals surface area contributed by atoms with E-state index in [0.717, 1.165) is 4.47 Å². The molecule has 0 atom stereocenters. The Bertz CT molecular complexity index is 385. The van der Waals surface area contributed by atoms with Crippen molar-refractivity contribution in [3.63, 3.8) is 0 Å².